The molecule has 1 fully saturated rings. The van der Waals surface area contributed by atoms with Crippen LogP contribution in [0.4, 0.5) is 4.39 Å². The van der Waals surface area contributed by atoms with Gasteiger partial charge in [0.1, 0.15) is 11.6 Å². The number of aryl methyl sites for hydroxylation is 1. The quantitative estimate of drug-likeness (QED) is 0.743. The van der Waals surface area contributed by atoms with E-state index in [-0.39, 0.29) is 17.8 Å². The second kappa shape index (κ2) is 10.3. The number of benzene rings is 1. The third-order valence-corrected chi connectivity index (χ3v) is 5.23. The van der Waals surface area contributed by atoms with Crippen LogP contribution in [0.2, 0.25) is 0 Å². The Hall–Kier alpha value is -2.14. The molecule has 4 nitrogen and oxygen atoms in total. The van der Waals surface area contributed by atoms with E-state index in [0.29, 0.717) is 13.0 Å². The Bertz CT molecular complexity index is 677. The Kier molecular flexibility index (Phi) is 7.45. The highest BCUT2D eigenvalue weighted by atomic mass is 19.1. The fourth-order valence-corrected chi connectivity index (χ4v) is 3.70. The van der Waals surface area contributed by atoms with E-state index in [1.807, 2.05) is 12.1 Å². The second-order valence-electron chi connectivity index (χ2n) is 7.27. The zero-order valence-electron chi connectivity index (χ0n) is 15.8. The molecule has 27 heavy (non-hydrogen) atoms. The minimum Gasteiger partial charge on any atom is -0.468 e. The van der Waals surface area contributed by atoms with Crippen LogP contribution in [0.1, 0.15) is 55.9 Å². The van der Waals surface area contributed by atoms with Gasteiger partial charge in [-0.15, -0.1) is 0 Å². The molecule has 5 heteroatoms. The Morgan fingerprint density at radius 3 is 2.52 bits per heavy atom. The number of amides is 1. The predicted octanol–water partition coefficient (Wildman–Crippen LogP) is 4.47. The normalized spacial score (nSPS) is 16.6. The molecule has 1 N–H and O–H groups in total. The number of carbonyl (C=O) groups is 1. The number of nitrogens with zero attached hydrogens (tertiary/aromatic N) is 1. The van der Waals surface area contributed by atoms with Crippen molar-refractivity contribution < 1.29 is 13.6 Å². The molecule has 0 spiro atoms. The maximum Gasteiger partial charge on any atom is 0.220 e. The molecule has 1 unspecified atom stereocenters. The lowest BCUT2D eigenvalue weighted by atomic mass is 10.1. The highest BCUT2D eigenvalue weighted by Crippen LogP contribution is 2.24. The number of hydrogen-bond acceptors (Lipinski definition) is 3. The zero-order chi connectivity index (χ0) is 18.9. The number of hydrogen-bond donors (Lipinski definition) is 1. The molecule has 0 bridgehead atoms. The van der Waals surface area contributed by atoms with Crippen molar-refractivity contribution in [1.29, 1.82) is 0 Å². The Balaban J connectivity index is 1.47. The summed E-state index contributed by atoms with van der Waals surface area (Å²) in [4.78, 5) is 14.7. The topological polar surface area (TPSA) is 45.5 Å². The minimum absolute atomic E-state index is 0.0588. The molecule has 1 aromatic heterocycles. The van der Waals surface area contributed by atoms with Gasteiger partial charge in [0.25, 0.3) is 0 Å². The van der Waals surface area contributed by atoms with Gasteiger partial charge in [0.05, 0.1) is 12.3 Å². The highest BCUT2D eigenvalue weighted by molar-refractivity contribution is 5.75. The first-order chi connectivity index (χ1) is 13.2. The molecule has 1 aliphatic rings. The summed E-state index contributed by atoms with van der Waals surface area (Å²) in [6, 6.07) is 10.5. The molecule has 1 aliphatic heterocycles. The lowest BCUT2D eigenvalue weighted by Crippen LogP contribution is -2.38. The number of halogens is 1. The van der Waals surface area contributed by atoms with Gasteiger partial charge in [-0.05, 0) is 68.6 Å². The molecular weight excluding hydrogens is 343 g/mol. The van der Waals surface area contributed by atoms with Crippen molar-refractivity contribution in [3.63, 3.8) is 0 Å². The molecule has 2 heterocycles. The molecule has 0 aliphatic carbocycles. The van der Waals surface area contributed by atoms with Gasteiger partial charge in [-0.25, -0.2) is 4.39 Å². The zero-order valence-corrected chi connectivity index (χ0v) is 15.8. The van der Waals surface area contributed by atoms with Crippen molar-refractivity contribution in [1.82, 2.24) is 10.2 Å². The molecular formula is C22H29FN2O2. The van der Waals surface area contributed by atoms with E-state index in [2.05, 4.69) is 10.2 Å². The summed E-state index contributed by atoms with van der Waals surface area (Å²) in [6.07, 6.45) is 8.65. The van der Waals surface area contributed by atoms with Crippen LogP contribution in [0.5, 0.6) is 0 Å². The molecule has 2 aromatic rings. The summed E-state index contributed by atoms with van der Waals surface area (Å²) in [5.41, 5.74) is 1.06. The van der Waals surface area contributed by atoms with Crippen molar-refractivity contribution in [3.8, 4) is 0 Å². The average Bonchev–Trinajstić information content (AvgIpc) is 3.06. The van der Waals surface area contributed by atoms with Crippen LogP contribution in [0, 0.1) is 5.82 Å². The second-order valence-corrected chi connectivity index (χ2v) is 7.27. The molecule has 0 saturated carbocycles. The maximum absolute atomic E-state index is 12.9. The number of rotatable bonds is 8. The SMILES string of the molecule is O=C(CCCc1ccc(F)cc1)NCC(c1ccco1)N1CCCCCC1. The van der Waals surface area contributed by atoms with Gasteiger partial charge in [0.2, 0.25) is 5.91 Å². The summed E-state index contributed by atoms with van der Waals surface area (Å²) in [5.74, 6) is 0.751. The van der Waals surface area contributed by atoms with Crippen LogP contribution in [-0.4, -0.2) is 30.4 Å². The number of carbonyl (C=O) groups excluding carboxylic acids is 1. The van der Waals surface area contributed by atoms with E-state index in [1.54, 1.807) is 18.4 Å². The van der Waals surface area contributed by atoms with Gasteiger partial charge in [0.15, 0.2) is 0 Å². The van der Waals surface area contributed by atoms with E-state index < -0.39 is 0 Å². The summed E-state index contributed by atoms with van der Waals surface area (Å²) in [7, 11) is 0. The van der Waals surface area contributed by atoms with Crippen LogP contribution in [0.3, 0.4) is 0 Å². The summed E-state index contributed by atoms with van der Waals surface area (Å²) >= 11 is 0. The third kappa shape index (κ3) is 6.21. The predicted molar refractivity (Wildman–Crippen MR) is 104 cm³/mol. The van der Waals surface area contributed by atoms with Gasteiger partial charge in [-0.2, -0.15) is 0 Å². The van der Waals surface area contributed by atoms with Crippen molar-refractivity contribution >= 4 is 5.91 Å². The first-order valence-electron chi connectivity index (χ1n) is 10.0. The van der Waals surface area contributed by atoms with Crippen LogP contribution in [0.25, 0.3) is 0 Å². The van der Waals surface area contributed by atoms with Crippen molar-refractivity contribution in [2.45, 2.75) is 51.0 Å². The average molecular weight is 372 g/mol. The number of likely N-dealkylation sites (tertiary alicyclic amines) is 1. The lowest BCUT2D eigenvalue weighted by molar-refractivity contribution is -0.121. The van der Waals surface area contributed by atoms with Crippen molar-refractivity contribution in [2.24, 2.45) is 0 Å². The Morgan fingerprint density at radius 2 is 1.85 bits per heavy atom. The molecule has 1 saturated heterocycles. The summed E-state index contributed by atoms with van der Waals surface area (Å²) < 4.78 is 18.6. The first-order valence-corrected chi connectivity index (χ1v) is 10.0. The van der Waals surface area contributed by atoms with Crippen LogP contribution >= 0.6 is 0 Å². The van der Waals surface area contributed by atoms with E-state index >= 15 is 0 Å². The maximum atomic E-state index is 12.9. The van der Waals surface area contributed by atoms with E-state index in [9.17, 15) is 9.18 Å². The van der Waals surface area contributed by atoms with Gasteiger partial charge in [0, 0.05) is 13.0 Å². The van der Waals surface area contributed by atoms with Gasteiger partial charge in [-0.1, -0.05) is 25.0 Å². The standard InChI is InChI=1S/C22H29FN2O2/c23-19-12-10-18(11-13-19)7-5-9-22(26)24-17-20(21-8-6-16-27-21)25-14-3-1-2-4-15-25/h6,8,10-13,16,20H,1-5,7,9,14-15,17H2,(H,24,26). The van der Waals surface area contributed by atoms with Gasteiger partial charge in [-0.3, -0.25) is 9.69 Å². The van der Waals surface area contributed by atoms with Crippen LogP contribution in [-0.2, 0) is 11.2 Å². The Morgan fingerprint density at radius 1 is 1.11 bits per heavy atom. The fourth-order valence-electron chi connectivity index (χ4n) is 3.70. The van der Waals surface area contributed by atoms with E-state index in [0.717, 1.165) is 37.3 Å². The number of nitrogens with one attached hydrogen (secondary N) is 1. The molecule has 0 radical (unpaired) electrons. The lowest BCUT2D eigenvalue weighted by Gasteiger charge is -2.29. The highest BCUT2D eigenvalue weighted by Gasteiger charge is 2.24. The molecule has 3 rings (SSSR count). The van der Waals surface area contributed by atoms with Gasteiger partial charge >= 0.3 is 0 Å². The number of furan rings is 1. The van der Waals surface area contributed by atoms with Gasteiger partial charge < -0.3 is 9.73 Å². The van der Waals surface area contributed by atoms with Crippen LogP contribution < -0.4 is 5.32 Å². The molecule has 146 valence electrons. The van der Waals surface area contributed by atoms with E-state index in [4.69, 9.17) is 4.42 Å². The summed E-state index contributed by atoms with van der Waals surface area (Å²) in [5, 5.41) is 3.08. The monoisotopic (exact) mass is 372 g/mol. The Labute approximate surface area is 160 Å². The van der Waals surface area contributed by atoms with Crippen molar-refractivity contribution in [2.75, 3.05) is 19.6 Å². The van der Waals surface area contributed by atoms with Crippen LogP contribution in [0.15, 0.2) is 47.1 Å². The van der Waals surface area contributed by atoms with Crippen molar-refractivity contribution in [3.05, 3.63) is 59.8 Å². The summed E-state index contributed by atoms with van der Waals surface area (Å²) in [6.45, 7) is 2.67. The fraction of sp³-hybridized carbons (Fsp3) is 0.500. The molecule has 1 amide bonds. The molecule has 1 atom stereocenters. The smallest absolute Gasteiger partial charge is 0.220 e. The largest absolute Gasteiger partial charge is 0.468 e. The third-order valence-electron chi connectivity index (χ3n) is 5.23. The minimum atomic E-state index is -0.228. The van der Waals surface area contributed by atoms with E-state index in [1.165, 1.54) is 37.8 Å². The molecule has 1 aromatic carbocycles. The first kappa shape index (κ1) is 19.6.